The van der Waals surface area contributed by atoms with E-state index in [2.05, 4.69) is 29.2 Å². The quantitative estimate of drug-likeness (QED) is 0.0894. The Hall–Kier alpha value is -3.59. The highest BCUT2D eigenvalue weighted by Crippen LogP contribution is 2.63. The maximum absolute atomic E-state index is 11.4. The molecule has 2 aromatic carbocycles. The van der Waals surface area contributed by atoms with Crippen LogP contribution in [0.5, 0.6) is 23.0 Å². The Morgan fingerprint density at radius 1 is 0.704 bits per heavy atom. The number of aromatic hydroxyl groups is 1. The van der Waals surface area contributed by atoms with Crippen molar-refractivity contribution >= 4 is 24.5 Å². The summed E-state index contributed by atoms with van der Waals surface area (Å²) < 4.78 is 31.9. The van der Waals surface area contributed by atoms with Crippen LogP contribution in [0.15, 0.2) is 24.3 Å². The monoisotopic (exact) mass is 769 g/mol. The van der Waals surface area contributed by atoms with E-state index in [0.29, 0.717) is 65.1 Å². The van der Waals surface area contributed by atoms with Gasteiger partial charge < -0.3 is 39.7 Å². The van der Waals surface area contributed by atoms with E-state index in [1.165, 1.54) is 22.3 Å². The number of primary amides is 2. The number of rotatable bonds is 8. The fourth-order valence-corrected chi connectivity index (χ4v) is 12.5. The van der Waals surface area contributed by atoms with Crippen molar-refractivity contribution in [3.8, 4) is 23.0 Å². The highest BCUT2D eigenvalue weighted by Gasteiger charge is 2.57. The molecule has 0 saturated heterocycles. The van der Waals surface area contributed by atoms with Gasteiger partial charge in [0, 0.05) is 10.8 Å². The molecule has 8 rings (SSSR count). The van der Waals surface area contributed by atoms with Gasteiger partial charge in [0.15, 0.2) is 23.0 Å². The summed E-state index contributed by atoms with van der Waals surface area (Å²) in [5, 5.41) is 10.1. The zero-order chi connectivity index (χ0) is 38.4. The Bertz CT molecular complexity index is 1730. The van der Waals surface area contributed by atoms with Crippen molar-refractivity contribution in [3.63, 3.8) is 0 Å². The molecule has 0 bridgehead atoms. The third kappa shape index (κ3) is 6.92. The van der Waals surface area contributed by atoms with E-state index in [1.807, 2.05) is 18.2 Å². The number of carbonyl (C=O) groups is 2. The topological polar surface area (TPSA) is 197 Å². The van der Waals surface area contributed by atoms with Gasteiger partial charge in [0.25, 0.3) is 12.3 Å². The number of hydrogen-bond donors (Lipinski definition) is 4. The van der Waals surface area contributed by atoms with Gasteiger partial charge in [-0.3, -0.25) is 0 Å². The van der Waals surface area contributed by atoms with Crippen LogP contribution in [0.3, 0.4) is 0 Å². The Morgan fingerprint density at radius 2 is 1.20 bits per heavy atom. The standard InChI is InChI=1S/C20H28N2O6S.C20H27NO4/c1-20-8-7-12-13(15(20)5-6-18(20)25-19(21)23)4-3-11-9-17(26-29-28-27-22)16(24-2)10-14(11)12;1-20-8-7-12-13(15(20)5-6-18(20)25-19(21)23)4-3-11-9-16(22)17(24-2)10-14(11)12/h9-10,12-13,15,18H,3-8,22H2,1-2H3,(H2,21,23);9-10,12-13,15,18,22H,3-8H2,1-2H3,(H2,21,23)/t2*12?,13?,15?,18-,20-/m00/s1. The lowest BCUT2D eigenvalue weighted by Gasteiger charge is -2.50. The molecule has 10 atom stereocenters. The smallest absolute Gasteiger partial charge is 0.404 e. The number of carbonyl (C=O) groups excluding carboxylic acids is 2. The molecule has 6 aliphatic rings. The molecule has 7 N–H and O–H groups in total. The largest absolute Gasteiger partial charge is 0.504 e. The number of fused-ring (bicyclic) bond motifs is 10. The van der Waals surface area contributed by atoms with Crippen molar-refractivity contribution in [3.05, 3.63) is 46.5 Å². The van der Waals surface area contributed by atoms with Gasteiger partial charge in [-0.1, -0.05) is 13.8 Å². The number of ether oxygens (including phenoxy) is 4. The minimum Gasteiger partial charge on any atom is -0.504 e. The van der Waals surface area contributed by atoms with Crippen LogP contribution in [-0.4, -0.2) is 43.7 Å². The average Bonchev–Trinajstić information content (AvgIpc) is 3.65. The number of aryl methyl sites for hydroxylation is 2. The molecule has 6 unspecified atom stereocenters. The van der Waals surface area contributed by atoms with E-state index in [9.17, 15) is 14.7 Å². The van der Waals surface area contributed by atoms with Crippen molar-refractivity contribution in [2.75, 3.05) is 14.2 Å². The van der Waals surface area contributed by atoms with Crippen LogP contribution in [-0.2, 0) is 31.6 Å². The van der Waals surface area contributed by atoms with Gasteiger partial charge in [-0.25, -0.2) is 9.59 Å². The summed E-state index contributed by atoms with van der Waals surface area (Å²) in [5.41, 5.74) is 15.9. The van der Waals surface area contributed by atoms with E-state index in [4.69, 9.17) is 40.5 Å². The first-order valence-corrected chi connectivity index (χ1v) is 20.0. The summed E-state index contributed by atoms with van der Waals surface area (Å²) in [6.07, 6.45) is 11.0. The van der Waals surface area contributed by atoms with Gasteiger partial charge in [0.1, 0.15) is 12.2 Å². The molecule has 14 heteroatoms. The fraction of sp³-hybridized carbons (Fsp3) is 0.650. The maximum Gasteiger partial charge on any atom is 0.404 e. The molecule has 4 fully saturated rings. The van der Waals surface area contributed by atoms with Crippen molar-refractivity contribution in [1.29, 1.82) is 0 Å². The van der Waals surface area contributed by atoms with Crippen molar-refractivity contribution < 1.29 is 47.1 Å². The number of nitrogens with two attached hydrogens (primary N) is 3. The summed E-state index contributed by atoms with van der Waals surface area (Å²) >= 11 is 0.647. The lowest BCUT2D eigenvalue weighted by Crippen LogP contribution is -2.45. The Balaban J connectivity index is 0.000000168. The van der Waals surface area contributed by atoms with Crippen LogP contribution in [0.25, 0.3) is 0 Å². The molecule has 54 heavy (non-hydrogen) atoms. The van der Waals surface area contributed by atoms with Crippen LogP contribution in [0.2, 0.25) is 0 Å². The third-order valence-corrected chi connectivity index (χ3v) is 14.9. The van der Waals surface area contributed by atoms with Gasteiger partial charge in [0.2, 0.25) is 0 Å². The number of benzene rings is 2. The first-order valence-electron chi connectivity index (χ1n) is 19.3. The first kappa shape index (κ1) is 38.7. The molecule has 6 aliphatic carbocycles. The maximum atomic E-state index is 11.4. The van der Waals surface area contributed by atoms with E-state index < -0.39 is 12.2 Å². The normalized spacial score (nSPS) is 34.2. The SMILES string of the molecule is COc1cc2c(cc1O)CCC1C2CC[C@@]2(C)C1CC[C@@H]2OC(N)=O.COc1cc2c(cc1OSOON)CCC1C2CC[C@@]2(C)C1CC[C@@H]2OC(N)=O. The fourth-order valence-electron chi connectivity index (χ4n) is 12.2. The summed E-state index contributed by atoms with van der Waals surface area (Å²) in [5.74, 6) is 10.1. The zero-order valence-electron chi connectivity index (χ0n) is 31.7. The number of methoxy groups -OCH3 is 2. The zero-order valence-corrected chi connectivity index (χ0v) is 32.5. The van der Waals surface area contributed by atoms with Gasteiger partial charge in [-0.15, -0.1) is 9.32 Å². The summed E-state index contributed by atoms with van der Waals surface area (Å²) in [6, 6.07) is 8.04. The Kier molecular flexibility index (Phi) is 11.1. The predicted octanol–water partition coefficient (Wildman–Crippen LogP) is 7.50. The lowest BCUT2D eigenvalue weighted by atomic mass is 9.55. The van der Waals surface area contributed by atoms with Gasteiger partial charge in [0.05, 0.1) is 14.2 Å². The van der Waals surface area contributed by atoms with Crippen LogP contribution in [0, 0.1) is 34.5 Å². The van der Waals surface area contributed by atoms with Crippen LogP contribution >= 0.6 is 12.3 Å². The molecule has 296 valence electrons. The van der Waals surface area contributed by atoms with Crippen molar-refractivity contribution in [2.45, 2.75) is 115 Å². The molecule has 0 heterocycles. The summed E-state index contributed by atoms with van der Waals surface area (Å²) in [6.45, 7) is 4.56. The molecule has 0 radical (unpaired) electrons. The summed E-state index contributed by atoms with van der Waals surface area (Å²) in [4.78, 5) is 26.7. The second-order valence-electron chi connectivity index (χ2n) is 16.7. The second-order valence-corrected chi connectivity index (χ2v) is 17.1. The molecule has 0 spiro atoms. The van der Waals surface area contributed by atoms with Crippen LogP contribution < -0.4 is 31.0 Å². The molecule has 0 aromatic heterocycles. The molecule has 4 saturated carbocycles. The predicted molar refractivity (Wildman–Crippen MR) is 200 cm³/mol. The van der Waals surface area contributed by atoms with E-state index in [-0.39, 0.29) is 28.8 Å². The first-order chi connectivity index (χ1) is 25.9. The number of phenols is 1. The highest BCUT2D eigenvalue weighted by atomic mass is 32.2. The van der Waals surface area contributed by atoms with E-state index >= 15 is 0 Å². The van der Waals surface area contributed by atoms with E-state index in [0.717, 1.165) is 77.0 Å². The van der Waals surface area contributed by atoms with E-state index in [1.54, 1.807) is 14.2 Å². The molecule has 13 nitrogen and oxygen atoms in total. The van der Waals surface area contributed by atoms with Gasteiger partial charge in [-0.05, 0) is 159 Å². The minimum absolute atomic E-state index is 0.0110. The number of amides is 2. The summed E-state index contributed by atoms with van der Waals surface area (Å²) in [7, 11) is 3.23. The molecular formula is C40H55N3O10S. The average molecular weight is 770 g/mol. The van der Waals surface area contributed by atoms with Crippen LogP contribution in [0.4, 0.5) is 9.59 Å². The third-order valence-electron chi connectivity index (χ3n) is 14.6. The van der Waals surface area contributed by atoms with Crippen LogP contribution in [0.1, 0.15) is 112 Å². The van der Waals surface area contributed by atoms with Crippen molar-refractivity contribution in [1.82, 2.24) is 0 Å². The van der Waals surface area contributed by atoms with Gasteiger partial charge >= 0.3 is 12.2 Å². The lowest BCUT2D eigenvalue weighted by molar-refractivity contribution is -0.199. The molecule has 2 amide bonds. The number of hydrogen-bond acceptors (Lipinski definition) is 12. The number of phenolic OH excluding ortho intramolecular Hbond substituents is 1. The molecule has 2 aromatic rings. The van der Waals surface area contributed by atoms with Crippen molar-refractivity contribution in [2.24, 2.45) is 51.9 Å². The Morgan fingerprint density at radius 3 is 1.69 bits per heavy atom. The Labute approximate surface area is 321 Å². The van der Waals surface area contributed by atoms with Gasteiger partial charge in [-0.2, -0.15) is 5.90 Å². The molecular weight excluding hydrogens is 715 g/mol. The highest BCUT2D eigenvalue weighted by molar-refractivity contribution is 7.90. The second kappa shape index (κ2) is 15.5. The molecule has 0 aliphatic heterocycles. The minimum atomic E-state index is -0.660.